The molecule has 2 N–H and O–H groups in total. The molecular formula is C27H19N5O2S. The van der Waals surface area contributed by atoms with Gasteiger partial charge in [-0.2, -0.15) is 9.78 Å². The van der Waals surface area contributed by atoms with Crippen LogP contribution in [0.2, 0.25) is 0 Å². The first-order valence-electron chi connectivity index (χ1n) is 11.0. The van der Waals surface area contributed by atoms with Gasteiger partial charge in [0, 0.05) is 32.9 Å². The third kappa shape index (κ3) is 3.60. The van der Waals surface area contributed by atoms with Crippen LogP contribution in [0.25, 0.3) is 38.6 Å². The number of hydrogen-bond donors (Lipinski definition) is 2. The molecule has 3 aromatic heterocycles. The summed E-state index contributed by atoms with van der Waals surface area (Å²) in [5, 5.41) is 11.7. The second kappa shape index (κ2) is 8.34. The molecule has 8 heteroatoms. The number of aryl methyl sites for hydroxylation is 1. The first-order valence-corrected chi connectivity index (χ1v) is 11.9. The highest BCUT2D eigenvalue weighted by Gasteiger charge is 2.20. The normalized spacial score (nSPS) is 11.2. The van der Waals surface area contributed by atoms with Gasteiger partial charge in [0.15, 0.2) is 10.8 Å². The van der Waals surface area contributed by atoms with Gasteiger partial charge in [0.05, 0.1) is 16.8 Å². The number of carbonyl (C=O) groups excluding carboxylic acids is 1. The molecule has 0 aliphatic heterocycles. The third-order valence-electron chi connectivity index (χ3n) is 5.90. The number of para-hydroxylation sites is 2. The van der Waals surface area contributed by atoms with Crippen molar-refractivity contribution in [1.29, 1.82) is 0 Å². The number of nitrogens with zero attached hydrogens (tertiary/aromatic N) is 3. The van der Waals surface area contributed by atoms with Crippen LogP contribution in [0.1, 0.15) is 16.2 Å². The lowest BCUT2D eigenvalue weighted by Gasteiger charge is -2.10. The summed E-state index contributed by atoms with van der Waals surface area (Å²) in [5.74, 6) is -0.428. The standard InChI is InChI=1S/C27H19N5O2S/c1-16-23(20-13-7-8-14-21(20)28-16)22-15-35-27(29-22)30-25(33)24-18-11-5-6-12-19(18)26(34)32(31-24)17-9-3-2-4-10-17/h2-15,28H,1H3,(H,29,30,33). The maximum atomic E-state index is 13.4. The summed E-state index contributed by atoms with van der Waals surface area (Å²) < 4.78 is 1.26. The molecule has 7 nitrogen and oxygen atoms in total. The van der Waals surface area contributed by atoms with E-state index in [1.807, 2.05) is 48.7 Å². The zero-order valence-electron chi connectivity index (χ0n) is 18.6. The molecule has 0 atom stereocenters. The molecular weight excluding hydrogens is 458 g/mol. The van der Waals surface area contributed by atoms with E-state index in [4.69, 9.17) is 0 Å². The van der Waals surface area contributed by atoms with Crippen molar-refractivity contribution in [2.24, 2.45) is 0 Å². The number of nitrogens with one attached hydrogen (secondary N) is 2. The third-order valence-corrected chi connectivity index (χ3v) is 6.65. The topological polar surface area (TPSA) is 92.7 Å². The van der Waals surface area contributed by atoms with Crippen LogP contribution in [-0.2, 0) is 0 Å². The fraction of sp³-hybridized carbons (Fsp3) is 0.0370. The first kappa shape index (κ1) is 21.0. The Labute approximate surface area is 203 Å². The van der Waals surface area contributed by atoms with E-state index < -0.39 is 5.91 Å². The van der Waals surface area contributed by atoms with E-state index in [-0.39, 0.29) is 11.3 Å². The van der Waals surface area contributed by atoms with E-state index in [1.54, 1.807) is 36.4 Å². The van der Waals surface area contributed by atoms with Gasteiger partial charge in [-0.3, -0.25) is 14.9 Å². The molecule has 0 saturated carbocycles. The van der Waals surface area contributed by atoms with Gasteiger partial charge in [-0.05, 0) is 31.2 Å². The summed E-state index contributed by atoms with van der Waals surface area (Å²) in [6.07, 6.45) is 0. The highest BCUT2D eigenvalue weighted by atomic mass is 32.1. The number of amides is 1. The lowest BCUT2D eigenvalue weighted by molar-refractivity contribution is 0.102. The molecule has 0 aliphatic rings. The smallest absolute Gasteiger partial charge is 0.279 e. The van der Waals surface area contributed by atoms with E-state index in [9.17, 15) is 9.59 Å². The molecule has 35 heavy (non-hydrogen) atoms. The number of aromatic amines is 1. The van der Waals surface area contributed by atoms with Crippen LogP contribution in [0.15, 0.2) is 89.0 Å². The van der Waals surface area contributed by atoms with E-state index in [2.05, 4.69) is 26.4 Å². The summed E-state index contributed by atoms with van der Waals surface area (Å²) in [6.45, 7) is 2.01. The molecule has 6 aromatic rings. The number of aromatic nitrogens is 4. The molecule has 6 rings (SSSR count). The minimum Gasteiger partial charge on any atom is -0.358 e. The van der Waals surface area contributed by atoms with Crippen molar-refractivity contribution >= 4 is 44.1 Å². The number of thiazole rings is 1. The highest BCUT2D eigenvalue weighted by Crippen LogP contribution is 2.34. The summed E-state index contributed by atoms with van der Waals surface area (Å²) in [6, 6.07) is 24.1. The zero-order chi connectivity index (χ0) is 23.9. The Kier molecular flexibility index (Phi) is 5.00. The molecule has 0 aliphatic carbocycles. The largest absolute Gasteiger partial charge is 0.358 e. The van der Waals surface area contributed by atoms with Gasteiger partial charge in [-0.15, -0.1) is 11.3 Å². The summed E-state index contributed by atoms with van der Waals surface area (Å²) in [5.41, 5.74) is 4.31. The van der Waals surface area contributed by atoms with Crippen LogP contribution in [0, 0.1) is 6.92 Å². The van der Waals surface area contributed by atoms with Crippen molar-refractivity contribution in [1.82, 2.24) is 19.7 Å². The fourth-order valence-corrected chi connectivity index (χ4v) is 5.01. The number of benzene rings is 3. The molecule has 3 aromatic carbocycles. The average molecular weight is 478 g/mol. The molecule has 0 saturated heterocycles. The van der Waals surface area contributed by atoms with Crippen LogP contribution >= 0.6 is 11.3 Å². The molecule has 0 fully saturated rings. The van der Waals surface area contributed by atoms with E-state index in [1.165, 1.54) is 16.0 Å². The Morgan fingerprint density at radius 3 is 2.40 bits per heavy atom. The molecule has 0 radical (unpaired) electrons. The van der Waals surface area contributed by atoms with Crippen molar-refractivity contribution in [2.75, 3.05) is 5.32 Å². The number of anilines is 1. The molecule has 0 unspecified atom stereocenters. The summed E-state index contributed by atoms with van der Waals surface area (Å²) in [7, 11) is 0. The molecule has 3 heterocycles. The predicted octanol–water partition coefficient (Wildman–Crippen LogP) is 5.55. The van der Waals surface area contributed by atoms with E-state index in [0.717, 1.165) is 27.9 Å². The Balaban J connectivity index is 1.40. The summed E-state index contributed by atoms with van der Waals surface area (Å²) >= 11 is 1.34. The molecule has 170 valence electrons. The molecule has 0 spiro atoms. The van der Waals surface area contributed by atoms with Crippen molar-refractivity contribution in [3.05, 3.63) is 106 Å². The van der Waals surface area contributed by atoms with Crippen molar-refractivity contribution in [3.8, 4) is 16.9 Å². The Morgan fingerprint density at radius 1 is 0.914 bits per heavy atom. The van der Waals surface area contributed by atoms with Gasteiger partial charge in [-0.1, -0.05) is 54.6 Å². The minimum absolute atomic E-state index is 0.157. The van der Waals surface area contributed by atoms with Gasteiger partial charge in [0.2, 0.25) is 0 Å². The number of H-pyrrole nitrogens is 1. The zero-order valence-corrected chi connectivity index (χ0v) is 19.5. The molecule has 1 amide bonds. The highest BCUT2D eigenvalue weighted by molar-refractivity contribution is 7.14. The van der Waals surface area contributed by atoms with E-state index >= 15 is 0 Å². The first-order chi connectivity index (χ1) is 17.1. The van der Waals surface area contributed by atoms with Crippen molar-refractivity contribution < 1.29 is 4.79 Å². The van der Waals surface area contributed by atoms with Gasteiger partial charge >= 0.3 is 0 Å². The van der Waals surface area contributed by atoms with Gasteiger partial charge in [-0.25, -0.2) is 4.98 Å². The second-order valence-corrected chi connectivity index (χ2v) is 8.97. The van der Waals surface area contributed by atoms with Crippen LogP contribution < -0.4 is 10.9 Å². The van der Waals surface area contributed by atoms with Crippen LogP contribution in [0.5, 0.6) is 0 Å². The van der Waals surface area contributed by atoms with Gasteiger partial charge in [0.1, 0.15) is 0 Å². The van der Waals surface area contributed by atoms with E-state index in [0.29, 0.717) is 21.6 Å². The Bertz CT molecular complexity index is 1780. The van der Waals surface area contributed by atoms with Crippen molar-refractivity contribution in [2.45, 2.75) is 6.92 Å². The summed E-state index contributed by atoms with van der Waals surface area (Å²) in [4.78, 5) is 34.5. The average Bonchev–Trinajstić information content (AvgIpc) is 3.47. The van der Waals surface area contributed by atoms with Crippen molar-refractivity contribution in [3.63, 3.8) is 0 Å². The predicted molar refractivity (Wildman–Crippen MR) is 139 cm³/mol. The molecule has 0 bridgehead atoms. The second-order valence-electron chi connectivity index (χ2n) is 8.11. The number of hydrogen-bond acceptors (Lipinski definition) is 5. The maximum absolute atomic E-state index is 13.4. The number of carbonyl (C=O) groups is 1. The van der Waals surface area contributed by atoms with Crippen LogP contribution in [0.3, 0.4) is 0 Å². The lowest BCUT2D eigenvalue weighted by Crippen LogP contribution is -2.26. The maximum Gasteiger partial charge on any atom is 0.279 e. The Morgan fingerprint density at radius 2 is 1.60 bits per heavy atom. The van der Waals surface area contributed by atoms with Crippen LogP contribution in [0.4, 0.5) is 5.13 Å². The quantitative estimate of drug-likeness (QED) is 0.348. The lowest BCUT2D eigenvalue weighted by atomic mass is 10.1. The minimum atomic E-state index is -0.428. The van der Waals surface area contributed by atoms with Gasteiger partial charge in [0.25, 0.3) is 11.5 Å². The number of fused-ring (bicyclic) bond motifs is 2. The van der Waals surface area contributed by atoms with Gasteiger partial charge < -0.3 is 4.98 Å². The Hall–Kier alpha value is -4.56. The number of rotatable bonds is 4. The SMILES string of the molecule is Cc1[nH]c2ccccc2c1-c1csc(NC(=O)c2nn(-c3ccccc3)c(=O)c3ccccc23)n1. The monoisotopic (exact) mass is 477 g/mol. The van der Waals surface area contributed by atoms with Crippen LogP contribution in [-0.4, -0.2) is 25.7 Å². The fourth-order valence-electron chi connectivity index (χ4n) is 4.31.